The van der Waals surface area contributed by atoms with Crippen molar-refractivity contribution in [3.8, 4) is 0 Å². The van der Waals surface area contributed by atoms with Crippen molar-refractivity contribution in [2.75, 3.05) is 0 Å². The van der Waals surface area contributed by atoms with Crippen LogP contribution < -0.4 is 0 Å². The second-order valence-corrected chi connectivity index (χ2v) is 3.91. The molecule has 0 N–H and O–H groups in total. The highest BCUT2D eigenvalue weighted by atomic mass is 14.0. The van der Waals surface area contributed by atoms with E-state index in [4.69, 9.17) is 0 Å². The normalized spacial score (nSPS) is 11.4. The highest BCUT2D eigenvalue weighted by Gasteiger charge is 1.96. The van der Waals surface area contributed by atoms with E-state index in [1.165, 1.54) is 17.5 Å². The number of rotatable bonds is 4. The molecule has 75 valence electrons. The lowest BCUT2D eigenvalue weighted by atomic mass is 10.0. The molecule has 0 spiro atoms. The van der Waals surface area contributed by atoms with E-state index in [-0.39, 0.29) is 0 Å². The number of hydrogen-bond donors (Lipinski definition) is 0. The van der Waals surface area contributed by atoms with E-state index in [0.717, 1.165) is 6.42 Å². The quantitative estimate of drug-likeness (QED) is 0.658. The summed E-state index contributed by atoms with van der Waals surface area (Å²) >= 11 is 0. The van der Waals surface area contributed by atoms with Crippen LogP contribution in [-0.2, 0) is 0 Å². The topological polar surface area (TPSA) is 0 Å². The van der Waals surface area contributed by atoms with Crippen molar-refractivity contribution in [1.82, 2.24) is 0 Å². The van der Waals surface area contributed by atoms with Crippen molar-refractivity contribution in [2.45, 2.75) is 39.5 Å². The summed E-state index contributed by atoms with van der Waals surface area (Å²) in [5.41, 5.74) is 2.58. The Morgan fingerprint density at radius 1 is 1.21 bits per heavy atom. The molecule has 0 heteroatoms. The van der Waals surface area contributed by atoms with Gasteiger partial charge >= 0.3 is 0 Å². The maximum atomic E-state index is 3.29. The monoisotopic (exact) mass is 187 g/mol. The minimum atomic E-state index is 0.615. The summed E-state index contributed by atoms with van der Waals surface area (Å²) in [6, 6.07) is 8.66. The number of allylic oxidation sites excluding steroid dienone is 1. The van der Waals surface area contributed by atoms with E-state index in [1.807, 2.05) is 0 Å². The molecule has 0 aliphatic carbocycles. The number of hydrogen-bond acceptors (Lipinski definition) is 0. The van der Waals surface area contributed by atoms with E-state index in [9.17, 15) is 0 Å². The maximum absolute atomic E-state index is 3.29. The van der Waals surface area contributed by atoms with Gasteiger partial charge in [0.05, 0.1) is 0 Å². The van der Waals surface area contributed by atoms with Gasteiger partial charge in [-0.15, -0.1) is 0 Å². The molecule has 0 aliphatic heterocycles. The molecule has 0 aliphatic rings. The minimum absolute atomic E-state index is 0.615. The van der Waals surface area contributed by atoms with E-state index in [2.05, 4.69) is 57.2 Å². The van der Waals surface area contributed by atoms with E-state index in [1.54, 1.807) is 0 Å². The SMILES string of the molecule is CCC/C=[C]\c1ccc(C(C)C)cc1. The van der Waals surface area contributed by atoms with E-state index >= 15 is 0 Å². The fourth-order valence-corrected chi connectivity index (χ4v) is 1.30. The van der Waals surface area contributed by atoms with Gasteiger partial charge in [0, 0.05) is 0 Å². The predicted octanol–water partition coefficient (Wildman–Crippen LogP) is 4.32. The van der Waals surface area contributed by atoms with Crippen molar-refractivity contribution in [2.24, 2.45) is 0 Å². The summed E-state index contributed by atoms with van der Waals surface area (Å²) in [7, 11) is 0. The molecule has 1 aromatic carbocycles. The van der Waals surface area contributed by atoms with E-state index in [0.29, 0.717) is 5.92 Å². The Kier molecular flexibility index (Phi) is 4.45. The predicted molar refractivity (Wildman–Crippen MR) is 62.4 cm³/mol. The Bertz CT molecular complexity index is 277. The van der Waals surface area contributed by atoms with E-state index < -0.39 is 0 Å². The first kappa shape index (κ1) is 11.0. The van der Waals surface area contributed by atoms with Gasteiger partial charge in [-0.05, 0) is 29.5 Å². The molecule has 0 fully saturated rings. The zero-order chi connectivity index (χ0) is 10.4. The lowest BCUT2D eigenvalue weighted by molar-refractivity contribution is 0.866. The van der Waals surface area contributed by atoms with Crippen LogP contribution in [-0.4, -0.2) is 0 Å². The zero-order valence-electron chi connectivity index (χ0n) is 9.38. The molecule has 1 radical (unpaired) electrons. The lowest BCUT2D eigenvalue weighted by Gasteiger charge is -2.04. The molecule has 0 saturated carbocycles. The highest BCUT2D eigenvalue weighted by molar-refractivity contribution is 5.28. The largest absolute Gasteiger partial charge is 0.0761 e. The standard InChI is InChI=1S/C14H19/c1-4-5-6-7-13-8-10-14(11-9-13)12(2)3/h6,8-12H,4-5H2,1-3H3. The second kappa shape index (κ2) is 5.64. The van der Waals surface area contributed by atoms with Crippen LogP contribution in [0, 0.1) is 6.08 Å². The third kappa shape index (κ3) is 3.37. The van der Waals surface area contributed by atoms with Gasteiger partial charge in [-0.1, -0.05) is 57.5 Å². The summed E-state index contributed by atoms with van der Waals surface area (Å²) in [4.78, 5) is 0. The molecule has 0 nitrogen and oxygen atoms in total. The first-order chi connectivity index (χ1) is 6.74. The molecule has 0 amide bonds. The van der Waals surface area contributed by atoms with Gasteiger partial charge in [0.25, 0.3) is 0 Å². The summed E-state index contributed by atoms with van der Waals surface area (Å²) in [5, 5.41) is 0. The first-order valence-electron chi connectivity index (χ1n) is 5.42. The fourth-order valence-electron chi connectivity index (χ4n) is 1.30. The smallest absolute Gasteiger partial charge is 0.0149 e. The summed E-state index contributed by atoms with van der Waals surface area (Å²) in [6.45, 7) is 6.61. The molecule has 0 saturated heterocycles. The third-order valence-corrected chi connectivity index (χ3v) is 2.28. The van der Waals surface area contributed by atoms with Crippen LogP contribution in [0.1, 0.15) is 50.7 Å². The highest BCUT2D eigenvalue weighted by Crippen LogP contribution is 2.14. The Hall–Kier alpha value is -1.04. The molecule has 0 bridgehead atoms. The summed E-state index contributed by atoms with van der Waals surface area (Å²) in [5.74, 6) is 0.615. The summed E-state index contributed by atoms with van der Waals surface area (Å²) < 4.78 is 0. The Balaban J connectivity index is 2.64. The molecule has 1 aromatic rings. The molecular formula is C14H19. The Morgan fingerprint density at radius 2 is 1.86 bits per heavy atom. The molecule has 0 unspecified atom stereocenters. The van der Waals surface area contributed by atoms with Crippen LogP contribution in [0.25, 0.3) is 0 Å². The molecule has 14 heavy (non-hydrogen) atoms. The molecule has 0 atom stereocenters. The van der Waals surface area contributed by atoms with Crippen molar-refractivity contribution >= 4 is 0 Å². The first-order valence-corrected chi connectivity index (χ1v) is 5.42. The maximum Gasteiger partial charge on any atom is -0.0149 e. The molecule has 0 heterocycles. The zero-order valence-corrected chi connectivity index (χ0v) is 9.38. The van der Waals surface area contributed by atoms with Crippen LogP contribution in [0.3, 0.4) is 0 Å². The number of unbranched alkanes of at least 4 members (excludes halogenated alkanes) is 1. The average Bonchev–Trinajstić information content (AvgIpc) is 2.19. The average molecular weight is 187 g/mol. The third-order valence-electron chi connectivity index (χ3n) is 2.28. The van der Waals surface area contributed by atoms with Crippen LogP contribution in [0.2, 0.25) is 0 Å². The van der Waals surface area contributed by atoms with Crippen molar-refractivity contribution in [3.05, 3.63) is 47.5 Å². The van der Waals surface area contributed by atoms with Gasteiger partial charge in [0.1, 0.15) is 0 Å². The van der Waals surface area contributed by atoms with Crippen LogP contribution in [0.15, 0.2) is 30.3 Å². The van der Waals surface area contributed by atoms with Gasteiger partial charge in [-0.2, -0.15) is 0 Å². The summed E-state index contributed by atoms with van der Waals surface area (Å²) in [6.07, 6.45) is 7.71. The van der Waals surface area contributed by atoms with Crippen LogP contribution in [0.4, 0.5) is 0 Å². The fraction of sp³-hybridized carbons (Fsp3) is 0.429. The minimum Gasteiger partial charge on any atom is -0.0761 e. The second-order valence-electron chi connectivity index (χ2n) is 3.91. The lowest BCUT2D eigenvalue weighted by Crippen LogP contribution is -1.86. The Morgan fingerprint density at radius 3 is 2.36 bits per heavy atom. The van der Waals surface area contributed by atoms with Gasteiger partial charge in [0.15, 0.2) is 0 Å². The number of benzene rings is 1. The Labute approximate surface area is 87.7 Å². The molecular weight excluding hydrogens is 168 g/mol. The van der Waals surface area contributed by atoms with Crippen molar-refractivity contribution in [3.63, 3.8) is 0 Å². The van der Waals surface area contributed by atoms with Crippen LogP contribution in [0.5, 0.6) is 0 Å². The van der Waals surface area contributed by atoms with Gasteiger partial charge in [-0.25, -0.2) is 0 Å². The van der Waals surface area contributed by atoms with Gasteiger partial charge in [0.2, 0.25) is 0 Å². The molecule has 1 rings (SSSR count). The van der Waals surface area contributed by atoms with Crippen molar-refractivity contribution in [1.29, 1.82) is 0 Å². The van der Waals surface area contributed by atoms with Crippen molar-refractivity contribution < 1.29 is 0 Å². The van der Waals surface area contributed by atoms with Gasteiger partial charge in [-0.3, -0.25) is 0 Å². The van der Waals surface area contributed by atoms with Gasteiger partial charge < -0.3 is 0 Å². The molecule has 0 aromatic heterocycles. The van der Waals surface area contributed by atoms with Crippen LogP contribution >= 0.6 is 0 Å².